The van der Waals surface area contributed by atoms with Gasteiger partial charge in [-0.3, -0.25) is 4.90 Å². The van der Waals surface area contributed by atoms with E-state index in [1.165, 1.54) is 12.0 Å². The molecule has 0 saturated carbocycles. The summed E-state index contributed by atoms with van der Waals surface area (Å²) in [5, 5.41) is 11.8. The Morgan fingerprint density at radius 3 is 2.81 bits per heavy atom. The predicted octanol–water partition coefficient (Wildman–Crippen LogP) is 3.03. The van der Waals surface area contributed by atoms with Gasteiger partial charge in [0.2, 0.25) is 0 Å². The maximum absolute atomic E-state index is 6.32. The number of hydrogen-bond acceptors (Lipinski definition) is 6. The van der Waals surface area contributed by atoms with E-state index in [0.717, 1.165) is 56.3 Å². The Labute approximate surface area is 160 Å². The minimum atomic E-state index is -0.0412. The number of methoxy groups -OCH3 is 1. The minimum absolute atomic E-state index is 0.0412. The second-order valence-corrected chi connectivity index (χ2v) is 7.76. The van der Waals surface area contributed by atoms with Crippen LogP contribution in [0, 0.1) is 6.92 Å². The molecule has 1 aromatic heterocycles. The van der Waals surface area contributed by atoms with Crippen molar-refractivity contribution in [3.05, 3.63) is 47.7 Å². The molecule has 1 N–H and O–H groups in total. The Kier molecular flexibility index (Phi) is 5.27. The molecule has 6 nitrogen and oxygen atoms in total. The number of ether oxygens (including phenoxy) is 2. The molecule has 2 aliphatic heterocycles. The van der Waals surface area contributed by atoms with Gasteiger partial charge in [-0.25, -0.2) is 0 Å². The molecule has 27 heavy (non-hydrogen) atoms. The van der Waals surface area contributed by atoms with E-state index in [-0.39, 0.29) is 5.60 Å². The fourth-order valence-electron chi connectivity index (χ4n) is 4.22. The quantitative estimate of drug-likeness (QED) is 0.875. The number of anilines is 1. The zero-order chi connectivity index (χ0) is 18.7. The maximum Gasteiger partial charge on any atom is 0.148 e. The molecule has 6 heteroatoms. The first-order chi connectivity index (χ1) is 13.1. The summed E-state index contributed by atoms with van der Waals surface area (Å²) in [4.78, 5) is 2.51. The second kappa shape index (κ2) is 7.82. The molecular formula is C21H28N4O2. The number of benzene rings is 1. The lowest BCUT2D eigenvalue weighted by Gasteiger charge is -2.39. The molecule has 0 radical (unpaired) electrons. The van der Waals surface area contributed by atoms with Crippen molar-refractivity contribution in [1.29, 1.82) is 0 Å². The fourth-order valence-corrected chi connectivity index (χ4v) is 4.22. The summed E-state index contributed by atoms with van der Waals surface area (Å²) < 4.78 is 11.6. The second-order valence-electron chi connectivity index (χ2n) is 7.76. The third kappa shape index (κ3) is 4.39. The number of likely N-dealkylation sites (tertiary alicyclic amines) is 1. The summed E-state index contributed by atoms with van der Waals surface area (Å²) in [7, 11) is 1.70. The highest BCUT2D eigenvalue weighted by Crippen LogP contribution is 2.36. The highest BCUT2D eigenvalue weighted by molar-refractivity contribution is 5.34. The molecule has 1 aromatic carbocycles. The summed E-state index contributed by atoms with van der Waals surface area (Å²) in [5.41, 5.74) is 2.21. The monoisotopic (exact) mass is 368 g/mol. The average Bonchev–Trinajstić information content (AvgIpc) is 3.06. The van der Waals surface area contributed by atoms with Crippen LogP contribution in [0.2, 0.25) is 0 Å². The Balaban J connectivity index is 1.35. The predicted molar refractivity (Wildman–Crippen MR) is 105 cm³/mol. The molecular weight excluding hydrogens is 340 g/mol. The Bertz CT molecular complexity index is 750. The number of aromatic nitrogens is 2. The van der Waals surface area contributed by atoms with Gasteiger partial charge in [0.1, 0.15) is 11.6 Å². The fraction of sp³-hybridized carbons (Fsp3) is 0.524. The highest BCUT2D eigenvalue weighted by atomic mass is 16.5. The molecule has 2 aromatic rings. The molecule has 144 valence electrons. The summed E-state index contributed by atoms with van der Waals surface area (Å²) in [6.07, 6.45) is 3.32. The molecule has 4 rings (SSSR count). The number of hydrogen-bond donors (Lipinski definition) is 1. The van der Waals surface area contributed by atoms with Crippen molar-refractivity contribution in [3.63, 3.8) is 0 Å². The summed E-state index contributed by atoms with van der Waals surface area (Å²) >= 11 is 0. The standard InChI is InChI=1S/C21H28N4O2/c1-16-4-9-20(24-23-16)22-18-12-21(27-14-18)10-3-11-25(15-21)13-17-5-7-19(26-2)8-6-17/h4-9,18H,3,10-15H2,1-2H3,(H,22,24)/t18-,21-/m0/s1. The van der Waals surface area contributed by atoms with Gasteiger partial charge in [-0.1, -0.05) is 12.1 Å². The molecule has 0 bridgehead atoms. The summed E-state index contributed by atoms with van der Waals surface area (Å²) in [6, 6.07) is 12.6. The molecule has 3 heterocycles. The van der Waals surface area contributed by atoms with E-state index in [0.29, 0.717) is 6.04 Å². The number of rotatable bonds is 5. The van der Waals surface area contributed by atoms with Crippen molar-refractivity contribution < 1.29 is 9.47 Å². The smallest absolute Gasteiger partial charge is 0.148 e. The number of aryl methyl sites for hydroxylation is 1. The van der Waals surface area contributed by atoms with Gasteiger partial charge >= 0.3 is 0 Å². The van der Waals surface area contributed by atoms with Gasteiger partial charge in [-0.2, -0.15) is 5.10 Å². The zero-order valence-corrected chi connectivity index (χ0v) is 16.1. The van der Waals surface area contributed by atoms with Gasteiger partial charge in [0.05, 0.1) is 31.1 Å². The molecule has 0 unspecified atom stereocenters. The normalized spacial score (nSPS) is 25.6. The third-order valence-electron chi connectivity index (χ3n) is 5.54. The summed E-state index contributed by atoms with van der Waals surface area (Å²) in [6.45, 7) is 5.74. The van der Waals surface area contributed by atoms with E-state index in [9.17, 15) is 0 Å². The third-order valence-corrected chi connectivity index (χ3v) is 5.54. The van der Waals surface area contributed by atoms with Gasteiger partial charge in [-0.15, -0.1) is 5.10 Å². The summed E-state index contributed by atoms with van der Waals surface area (Å²) in [5.74, 6) is 1.73. The molecule has 0 amide bonds. The first kappa shape index (κ1) is 18.2. The SMILES string of the molecule is COc1ccc(CN2CCC[C@]3(C[C@H](Nc4ccc(C)nn4)CO3)C2)cc1. The molecule has 2 aliphatic rings. The van der Waals surface area contributed by atoms with Gasteiger partial charge in [0.15, 0.2) is 0 Å². The van der Waals surface area contributed by atoms with Gasteiger partial charge in [0.25, 0.3) is 0 Å². The van der Waals surface area contributed by atoms with Crippen molar-refractivity contribution in [3.8, 4) is 5.75 Å². The molecule has 1 spiro atoms. The van der Waals surface area contributed by atoms with Crippen molar-refractivity contribution in [2.75, 3.05) is 32.1 Å². The van der Waals surface area contributed by atoms with Crippen molar-refractivity contribution >= 4 is 5.82 Å². The van der Waals surface area contributed by atoms with E-state index in [4.69, 9.17) is 9.47 Å². The van der Waals surface area contributed by atoms with Gasteiger partial charge in [-0.05, 0) is 56.1 Å². The number of piperidine rings is 1. The highest BCUT2D eigenvalue weighted by Gasteiger charge is 2.43. The van der Waals surface area contributed by atoms with Crippen LogP contribution in [0.1, 0.15) is 30.5 Å². The zero-order valence-electron chi connectivity index (χ0n) is 16.1. The lowest BCUT2D eigenvalue weighted by Crippen LogP contribution is -2.47. The van der Waals surface area contributed by atoms with Crippen LogP contribution in [-0.2, 0) is 11.3 Å². The molecule has 0 aliphatic carbocycles. The Morgan fingerprint density at radius 1 is 1.22 bits per heavy atom. The van der Waals surface area contributed by atoms with Crippen molar-refractivity contribution in [2.24, 2.45) is 0 Å². The van der Waals surface area contributed by atoms with Crippen LogP contribution in [0.5, 0.6) is 5.75 Å². The maximum atomic E-state index is 6.32. The van der Waals surface area contributed by atoms with Gasteiger partial charge < -0.3 is 14.8 Å². The largest absolute Gasteiger partial charge is 0.497 e. The Hall–Kier alpha value is -2.18. The van der Waals surface area contributed by atoms with Crippen LogP contribution in [0.3, 0.4) is 0 Å². The first-order valence-electron chi connectivity index (χ1n) is 9.70. The van der Waals surface area contributed by atoms with E-state index in [1.807, 2.05) is 31.2 Å². The van der Waals surface area contributed by atoms with Crippen LogP contribution in [-0.4, -0.2) is 53.5 Å². The van der Waals surface area contributed by atoms with Crippen LogP contribution in [0.15, 0.2) is 36.4 Å². The van der Waals surface area contributed by atoms with Crippen molar-refractivity contribution in [2.45, 2.75) is 44.4 Å². The molecule has 2 fully saturated rings. The van der Waals surface area contributed by atoms with Gasteiger partial charge in [0, 0.05) is 19.5 Å². The van der Waals surface area contributed by atoms with E-state index < -0.39 is 0 Å². The van der Waals surface area contributed by atoms with Crippen LogP contribution < -0.4 is 10.1 Å². The van der Waals surface area contributed by atoms with E-state index in [1.54, 1.807) is 7.11 Å². The minimum Gasteiger partial charge on any atom is -0.497 e. The van der Waals surface area contributed by atoms with Crippen LogP contribution in [0.4, 0.5) is 5.82 Å². The van der Waals surface area contributed by atoms with Crippen LogP contribution in [0.25, 0.3) is 0 Å². The van der Waals surface area contributed by atoms with E-state index >= 15 is 0 Å². The topological polar surface area (TPSA) is 59.5 Å². The lowest BCUT2D eigenvalue weighted by atomic mass is 9.88. The van der Waals surface area contributed by atoms with E-state index in [2.05, 4.69) is 32.5 Å². The molecule has 2 saturated heterocycles. The Morgan fingerprint density at radius 2 is 2.07 bits per heavy atom. The first-order valence-corrected chi connectivity index (χ1v) is 9.70. The number of nitrogens with one attached hydrogen (secondary N) is 1. The molecule has 2 atom stereocenters. The lowest BCUT2D eigenvalue weighted by molar-refractivity contribution is -0.0533. The van der Waals surface area contributed by atoms with Crippen molar-refractivity contribution in [1.82, 2.24) is 15.1 Å². The number of nitrogens with zero attached hydrogens (tertiary/aromatic N) is 3. The van der Waals surface area contributed by atoms with Crippen LogP contribution >= 0.6 is 0 Å². The average molecular weight is 368 g/mol.